The van der Waals surface area contributed by atoms with Crippen LogP contribution in [0.5, 0.6) is 0 Å². The van der Waals surface area contributed by atoms with E-state index < -0.39 is 69.7 Å². The summed E-state index contributed by atoms with van der Waals surface area (Å²) in [6, 6.07) is 10.7. The van der Waals surface area contributed by atoms with Crippen molar-refractivity contribution in [2.75, 3.05) is 0 Å². The van der Waals surface area contributed by atoms with E-state index in [1.807, 2.05) is 0 Å². The number of nitrogens with zero attached hydrogens (tertiary/aromatic N) is 2. The van der Waals surface area contributed by atoms with Crippen molar-refractivity contribution < 1.29 is 57.1 Å². The van der Waals surface area contributed by atoms with Gasteiger partial charge < -0.3 is 4.42 Å². The molecule has 0 aliphatic rings. The molecule has 0 aliphatic carbocycles. The molecule has 2 heterocycles. The molecular weight excluding hydrogens is 584 g/mol. The first-order valence-electron chi connectivity index (χ1n) is 11.1. The molecule has 0 spiro atoms. The number of benzene rings is 3. The van der Waals surface area contributed by atoms with Crippen LogP contribution in [0, 0.1) is 0 Å². The fourth-order valence-corrected chi connectivity index (χ4v) is 4.60. The molecule has 0 aliphatic heterocycles. The first-order valence-corrected chi connectivity index (χ1v) is 11.1. The summed E-state index contributed by atoms with van der Waals surface area (Å²) in [7, 11) is 0. The van der Waals surface area contributed by atoms with E-state index in [4.69, 9.17) is 4.42 Å². The van der Waals surface area contributed by atoms with E-state index >= 15 is 0 Å². The van der Waals surface area contributed by atoms with E-state index in [2.05, 4.69) is 10.2 Å². The minimum absolute atomic E-state index is 0.000226. The van der Waals surface area contributed by atoms with Gasteiger partial charge in [0.2, 0.25) is 0 Å². The average Bonchev–Trinajstić information content (AvgIpc) is 3.38. The van der Waals surface area contributed by atoms with Crippen LogP contribution in [0.2, 0.25) is 0 Å². The Morgan fingerprint density at radius 1 is 0.512 bits per heavy atom. The van der Waals surface area contributed by atoms with E-state index in [0.29, 0.717) is 5.39 Å². The van der Waals surface area contributed by atoms with Crippen molar-refractivity contribution in [2.24, 2.45) is 0 Å². The molecule has 0 bridgehead atoms. The normalized spacial score (nSPS) is 13.4. The summed E-state index contributed by atoms with van der Waals surface area (Å²) in [5, 5.41) is 7.45. The van der Waals surface area contributed by atoms with Crippen LogP contribution < -0.4 is 0 Å². The third-order valence-electron chi connectivity index (χ3n) is 6.14. The zero-order valence-corrected chi connectivity index (χ0v) is 19.6. The lowest BCUT2D eigenvalue weighted by Crippen LogP contribution is -2.28. The van der Waals surface area contributed by atoms with Crippen LogP contribution in [-0.4, -0.2) is 10.2 Å². The number of fused-ring (bicyclic) bond motifs is 2. The second-order valence-electron chi connectivity index (χ2n) is 8.71. The van der Waals surface area contributed by atoms with Gasteiger partial charge in [-0.25, -0.2) is 0 Å². The van der Waals surface area contributed by atoms with E-state index in [-0.39, 0.29) is 22.2 Å². The number of aromatic nitrogens is 2. The topological polar surface area (TPSA) is 38.9 Å². The smallest absolute Gasteiger partial charge is 0.417 e. The molecule has 3 nitrogen and oxygen atoms in total. The molecule has 0 radical (unpaired) electrons. The molecular formula is C26H10F12N2O. The van der Waals surface area contributed by atoms with Crippen molar-refractivity contribution in [1.82, 2.24) is 10.2 Å². The number of halogens is 12. The SMILES string of the molecule is FC(F)(F)c1cc(-c2nnc(-c3ccco3)c3cc4ccccc4cc23)c(C(F)(F)F)c(C(F)(F)F)c1C(F)(F)F. The Morgan fingerprint density at radius 3 is 1.49 bits per heavy atom. The maximum absolute atomic E-state index is 14.3. The van der Waals surface area contributed by atoms with Gasteiger partial charge in [0.25, 0.3) is 0 Å². The molecule has 0 N–H and O–H groups in total. The van der Waals surface area contributed by atoms with Crippen molar-refractivity contribution in [1.29, 1.82) is 0 Å². The summed E-state index contributed by atoms with van der Waals surface area (Å²) in [6.07, 6.45) is -24.2. The number of alkyl halides is 12. The zero-order valence-electron chi connectivity index (χ0n) is 19.6. The summed E-state index contributed by atoms with van der Waals surface area (Å²) in [6.45, 7) is 0. The largest absolute Gasteiger partial charge is 0.463 e. The lowest BCUT2D eigenvalue weighted by molar-refractivity contribution is -0.182. The van der Waals surface area contributed by atoms with Crippen LogP contribution in [0.25, 0.3) is 44.3 Å². The standard InChI is InChI=1S/C26H10F12N2O/c27-23(28,29)16-10-15(18(24(30,31)32)20(26(36,37)38)19(16)25(33,34)35)21-13-8-11-4-1-2-5-12(11)9-14(13)22(40-39-21)17-6-3-7-41-17/h1-10H. The molecule has 0 amide bonds. The molecule has 5 aromatic rings. The highest BCUT2D eigenvalue weighted by atomic mass is 19.4. The summed E-state index contributed by atoms with van der Waals surface area (Å²) >= 11 is 0. The van der Waals surface area contributed by atoms with Crippen LogP contribution >= 0.6 is 0 Å². The van der Waals surface area contributed by atoms with Crippen molar-refractivity contribution in [3.8, 4) is 22.7 Å². The molecule has 41 heavy (non-hydrogen) atoms. The second kappa shape index (κ2) is 9.11. The average molecular weight is 594 g/mol. The Hall–Kier alpha value is -4.30. The van der Waals surface area contributed by atoms with Crippen LogP contribution in [-0.2, 0) is 24.7 Å². The lowest BCUT2D eigenvalue weighted by atomic mass is 9.87. The van der Waals surface area contributed by atoms with Gasteiger partial charge in [-0.3, -0.25) is 0 Å². The first kappa shape index (κ1) is 28.2. The van der Waals surface area contributed by atoms with Gasteiger partial charge in [-0.05, 0) is 41.1 Å². The lowest BCUT2D eigenvalue weighted by Gasteiger charge is -2.27. The molecule has 15 heteroatoms. The van der Waals surface area contributed by atoms with Gasteiger partial charge in [-0.1, -0.05) is 24.3 Å². The van der Waals surface area contributed by atoms with Crippen LogP contribution in [0.3, 0.4) is 0 Å². The number of hydrogen-bond donors (Lipinski definition) is 0. The van der Waals surface area contributed by atoms with Crippen LogP contribution in [0.15, 0.2) is 65.3 Å². The van der Waals surface area contributed by atoms with Crippen LogP contribution in [0.1, 0.15) is 22.3 Å². The minimum Gasteiger partial charge on any atom is -0.463 e. The van der Waals surface area contributed by atoms with Crippen LogP contribution in [0.4, 0.5) is 52.7 Å². The Morgan fingerprint density at radius 2 is 1.02 bits per heavy atom. The first-order chi connectivity index (χ1) is 18.9. The summed E-state index contributed by atoms with van der Waals surface area (Å²) < 4.78 is 173. The fraction of sp³-hybridized carbons (Fsp3) is 0.154. The Balaban J connectivity index is 2.04. The monoisotopic (exact) mass is 594 g/mol. The van der Waals surface area contributed by atoms with Crippen molar-refractivity contribution in [2.45, 2.75) is 24.7 Å². The third kappa shape index (κ3) is 4.93. The van der Waals surface area contributed by atoms with Gasteiger partial charge in [-0.2, -0.15) is 52.7 Å². The molecule has 2 aromatic heterocycles. The summed E-state index contributed by atoms with van der Waals surface area (Å²) in [5.74, 6) is -0.000226. The van der Waals surface area contributed by atoms with Gasteiger partial charge in [0, 0.05) is 16.3 Å². The third-order valence-corrected chi connectivity index (χ3v) is 6.14. The highest BCUT2D eigenvalue weighted by molar-refractivity contribution is 6.08. The minimum atomic E-state index is -6.52. The maximum atomic E-state index is 14.3. The van der Waals surface area contributed by atoms with E-state index in [9.17, 15) is 52.7 Å². The van der Waals surface area contributed by atoms with E-state index in [1.165, 1.54) is 36.6 Å². The molecule has 0 atom stereocenters. The number of rotatable bonds is 2. The molecule has 3 aromatic carbocycles. The molecule has 0 saturated heterocycles. The molecule has 0 unspecified atom stereocenters. The number of furan rings is 1. The predicted molar refractivity (Wildman–Crippen MR) is 120 cm³/mol. The highest BCUT2D eigenvalue weighted by Gasteiger charge is 2.56. The molecule has 0 fully saturated rings. The van der Waals surface area contributed by atoms with Gasteiger partial charge in [0.05, 0.1) is 28.5 Å². The molecule has 0 saturated carbocycles. The van der Waals surface area contributed by atoms with E-state index in [1.54, 1.807) is 12.1 Å². The maximum Gasteiger partial charge on any atom is 0.417 e. The zero-order chi connectivity index (χ0) is 30.1. The predicted octanol–water partition coefficient (Wildman–Crippen LogP) is 9.79. The Labute approximate surface area is 220 Å². The van der Waals surface area contributed by atoms with E-state index in [0.717, 1.165) is 6.07 Å². The molecule has 214 valence electrons. The van der Waals surface area contributed by atoms with Crippen molar-refractivity contribution in [3.05, 3.63) is 83.1 Å². The van der Waals surface area contributed by atoms with Crippen molar-refractivity contribution in [3.63, 3.8) is 0 Å². The Bertz CT molecular complexity index is 1780. The van der Waals surface area contributed by atoms with Gasteiger partial charge in [0.15, 0.2) is 5.76 Å². The second-order valence-corrected chi connectivity index (χ2v) is 8.71. The van der Waals surface area contributed by atoms with Crippen molar-refractivity contribution >= 4 is 21.5 Å². The summed E-state index contributed by atoms with van der Waals surface area (Å²) in [4.78, 5) is 0. The quantitative estimate of drug-likeness (QED) is 0.151. The highest BCUT2D eigenvalue weighted by Crippen LogP contribution is 2.54. The number of hydrogen-bond acceptors (Lipinski definition) is 3. The molecule has 5 rings (SSSR count). The van der Waals surface area contributed by atoms with Gasteiger partial charge in [0.1, 0.15) is 11.4 Å². The van der Waals surface area contributed by atoms with Gasteiger partial charge in [-0.15, -0.1) is 10.2 Å². The summed E-state index contributed by atoms with van der Waals surface area (Å²) in [5.41, 5.74) is -16.2. The Kier molecular flexibility index (Phi) is 6.27. The fourth-order valence-electron chi connectivity index (χ4n) is 4.60. The van der Waals surface area contributed by atoms with Gasteiger partial charge >= 0.3 is 24.7 Å².